The van der Waals surface area contributed by atoms with E-state index in [-0.39, 0.29) is 35.5 Å². The second kappa shape index (κ2) is 12.4. The summed E-state index contributed by atoms with van der Waals surface area (Å²) < 4.78 is 13.8. The highest BCUT2D eigenvalue weighted by molar-refractivity contribution is 6.06. The molecule has 2 aromatic heterocycles. The van der Waals surface area contributed by atoms with Crippen LogP contribution in [0, 0.1) is 5.82 Å². The standard InChI is InChI=1S/C35H32FN5O3/c1-41-18-16-29-31(35(41)44)33(39-26-7-3-2-4-8-26)32(40-29)23-15-17-37-27(19-23)20-24(22-11-13-25(36)14-12-22)21-38-34(43)28-9-5-6-10-30(28)42/h2-15,17,19,24,39-40,42H,16,18,20-21H2,1H3,(H,38,43)/t24-/m0/s1. The Morgan fingerprint density at radius 2 is 1.80 bits per heavy atom. The Hall–Kier alpha value is -5.44. The molecule has 3 aromatic carbocycles. The van der Waals surface area contributed by atoms with E-state index in [0.29, 0.717) is 30.6 Å². The number of phenolic OH excluding ortho intramolecular Hbond substituents is 1. The monoisotopic (exact) mass is 589 g/mol. The molecule has 3 heterocycles. The number of H-pyrrole nitrogens is 1. The predicted octanol–water partition coefficient (Wildman–Crippen LogP) is 6.05. The molecule has 1 aliphatic heterocycles. The zero-order valence-corrected chi connectivity index (χ0v) is 24.2. The third-order valence-corrected chi connectivity index (χ3v) is 7.94. The maximum absolute atomic E-state index is 13.8. The summed E-state index contributed by atoms with van der Waals surface area (Å²) in [5.41, 5.74) is 6.52. The van der Waals surface area contributed by atoms with Crippen molar-refractivity contribution in [1.82, 2.24) is 20.2 Å². The Balaban J connectivity index is 1.32. The van der Waals surface area contributed by atoms with Gasteiger partial charge in [-0.2, -0.15) is 0 Å². The van der Waals surface area contributed by atoms with E-state index in [0.717, 1.165) is 33.9 Å². The van der Waals surface area contributed by atoms with Gasteiger partial charge < -0.3 is 25.6 Å². The summed E-state index contributed by atoms with van der Waals surface area (Å²) in [6.45, 7) is 0.868. The van der Waals surface area contributed by atoms with Crippen LogP contribution in [0.15, 0.2) is 97.2 Å². The number of hydrogen-bond acceptors (Lipinski definition) is 5. The van der Waals surface area contributed by atoms with Crippen LogP contribution >= 0.6 is 0 Å². The van der Waals surface area contributed by atoms with E-state index in [9.17, 15) is 19.1 Å². The largest absolute Gasteiger partial charge is 0.507 e. The number of amides is 2. The van der Waals surface area contributed by atoms with Crippen molar-refractivity contribution in [3.63, 3.8) is 0 Å². The minimum atomic E-state index is -0.403. The summed E-state index contributed by atoms with van der Waals surface area (Å²) >= 11 is 0. The van der Waals surface area contributed by atoms with Crippen molar-refractivity contribution in [1.29, 1.82) is 0 Å². The number of fused-ring (bicyclic) bond motifs is 1. The molecule has 6 rings (SSSR count). The first-order valence-electron chi connectivity index (χ1n) is 14.5. The van der Waals surface area contributed by atoms with Crippen molar-refractivity contribution in [2.75, 3.05) is 25.5 Å². The van der Waals surface area contributed by atoms with Crippen molar-refractivity contribution in [3.05, 3.63) is 131 Å². The Morgan fingerprint density at radius 1 is 1.05 bits per heavy atom. The molecule has 0 aliphatic carbocycles. The molecule has 5 aromatic rings. The molecule has 0 fully saturated rings. The van der Waals surface area contributed by atoms with E-state index in [1.165, 1.54) is 18.2 Å². The van der Waals surface area contributed by atoms with Crippen molar-refractivity contribution in [2.24, 2.45) is 0 Å². The van der Waals surface area contributed by atoms with Crippen LogP contribution in [0.2, 0.25) is 0 Å². The molecule has 0 bridgehead atoms. The van der Waals surface area contributed by atoms with Gasteiger partial charge in [0.1, 0.15) is 11.6 Å². The highest BCUT2D eigenvalue weighted by Crippen LogP contribution is 2.38. The normalized spacial score (nSPS) is 13.3. The van der Waals surface area contributed by atoms with Gasteiger partial charge in [0.2, 0.25) is 0 Å². The minimum Gasteiger partial charge on any atom is -0.507 e. The summed E-state index contributed by atoms with van der Waals surface area (Å²) in [6, 6.07) is 26.2. The Bertz CT molecular complexity index is 1800. The fourth-order valence-corrected chi connectivity index (χ4v) is 5.57. The molecule has 1 atom stereocenters. The van der Waals surface area contributed by atoms with Gasteiger partial charge in [-0.25, -0.2) is 4.39 Å². The van der Waals surface area contributed by atoms with Crippen LogP contribution in [0.3, 0.4) is 0 Å². The minimum absolute atomic E-state index is 0.0435. The summed E-state index contributed by atoms with van der Waals surface area (Å²) in [5.74, 6) is -1.13. The number of nitrogens with zero attached hydrogens (tertiary/aromatic N) is 2. The number of carbonyl (C=O) groups is 2. The summed E-state index contributed by atoms with van der Waals surface area (Å²) in [7, 11) is 1.81. The molecule has 0 radical (unpaired) electrons. The third-order valence-electron chi connectivity index (χ3n) is 7.94. The Morgan fingerprint density at radius 3 is 2.57 bits per heavy atom. The summed E-state index contributed by atoms with van der Waals surface area (Å²) in [5, 5.41) is 16.5. The maximum Gasteiger partial charge on any atom is 0.257 e. The average Bonchev–Trinajstić information content (AvgIpc) is 3.41. The highest BCUT2D eigenvalue weighted by atomic mass is 19.1. The van der Waals surface area contributed by atoms with E-state index in [4.69, 9.17) is 0 Å². The fraction of sp³-hybridized carbons (Fsp3) is 0.171. The third kappa shape index (κ3) is 6.03. The molecule has 0 saturated heterocycles. The van der Waals surface area contributed by atoms with Crippen LogP contribution in [0.5, 0.6) is 5.75 Å². The molecule has 9 heteroatoms. The highest BCUT2D eigenvalue weighted by Gasteiger charge is 2.30. The number of pyridine rings is 1. The molecule has 44 heavy (non-hydrogen) atoms. The zero-order valence-electron chi connectivity index (χ0n) is 24.2. The van der Waals surface area contributed by atoms with Gasteiger partial charge in [0.15, 0.2) is 0 Å². The topological polar surface area (TPSA) is 110 Å². The molecular weight excluding hydrogens is 557 g/mol. The summed E-state index contributed by atoms with van der Waals surface area (Å²) in [6.07, 6.45) is 2.89. The van der Waals surface area contributed by atoms with Gasteiger partial charge in [-0.3, -0.25) is 14.6 Å². The van der Waals surface area contributed by atoms with E-state index in [2.05, 4.69) is 20.6 Å². The number of benzene rings is 3. The first-order valence-corrected chi connectivity index (χ1v) is 14.5. The van der Waals surface area contributed by atoms with Gasteiger partial charge >= 0.3 is 0 Å². The second-order valence-electron chi connectivity index (χ2n) is 10.9. The van der Waals surface area contributed by atoms with Crippen LogP contribution in [0.4, 0.5) is 15.8 Å². The number of nitrogens with one attached hydrogen (secondary N) is 3. The van der Waals surface area contributed by atoms with Crippen molar-refractivity contribution >= 4 is 23.2 Å². The second-order valence-corrected chi connectivity index (χ2v) is 10.9. The first kappa shape index (κ1) is 28.7. The molecule has 4 N–H and O–H groups in total. The van der Waals surface area contributed by atoms with Crippen LogP contribution < -0.4 is 10.6 Å². The number of likely N-dealkylation sites (N-methyl/N-ethyl adjacent to an activating group) is 1. The van der Waals surface area contributed by atoms with Gasteiger partial charge in [-0.15, -0.1) is 0 Å². The molecular formula is C35H32FN5O3. The van der Waals surface area contributed by atoms with Gasteiger partial charge in [0.25, 0.3) is 11.8 Å². The number of aromatic amines is 1. The average molecular weight is 590 g/mol. The number of para-hydroxylation sites is 2. The van der Waals surface area contributed by atoms with Crippen molar-refractivity contribution in [3.8, 4) is 17.0 Å². The SMILES string of the molecule is CN1CCc2[nH]c(-c3ccnc(C[C@@H](CNC(=O)c4ccccc4O)c4ccc(F)cc4)c3)c(Nc3ccccc3)c2C1=O. The first-order chi connectivity index (χ1) is 21.4. The Labute approximate surface area is 254 Å². The Kier molecular flexibility index (Phi) is 8.10. The van der Waals surface area contributed by atoms with Gasteiger partial charge in [0, 0.05) is 61.3 Å². The molecule has 1 aliphatic rings. The van der Waals surface area contributed by atoms with Gasteiger partial charge in [0.05, 0.1) is 22.5 Å². The molecule has 2 amide bonds. The van der Waals surface area contributed by atoms with E-state index < -0.39 is 5.91 Å². The molecule has 0 spiro atoms. The number of halogens is 1. The lowest BCUT2D eigenvalue weighted by Crippen LogP contribution is -2.34. The van der Waals surface area contributed by atoms with Gasteiger partial charge in [-0.05, 0) is 60.5 Å². The summed E-state index contributed by atoms with van der Waals surface area (Å²) in [4.78, 5) is 36.1. The fourth-order valence-electron chi connectivity index (χ4n) is 5.57. The molecule has 8 nitrogen and oxygen atoms in total. The molecule has 0 saturated carbocycles. The smallest absolute Gasteiger partial charge is 0.257 e. The quantitative estimate of drug-likeness (QED) is 0.167. The van der Waals surface area contributed by atoms with Crippen LogP contribution in [-0.4, -0.2) is 51.9 Å². The lowest BCUT2D eigenvalue weighted by molar-refractivity contribution is 0.0781. The number of anilines is 2. The molecule has 222 valence electrons. The number of rotatable bonds is 9. The number of carbonyl (C=O) groups excluding carboxylic acids is 2. The van der Waals surface area contributed by atoms with Crippen LogP contribution in [0.25, 0.3) is 11.3 Å². The van der Waals surface area contributed by atoms with Crippen LogP contribution in [0.1, 0.15) is 43.6 Å². The van der Waals surface area contributed by atoms with Crippen molar-refractivity contribution < 1.29 is 19.1 Å². The van der Waals surface area contributed by atoms with Crippen LogP contribution in [-0.2, 0) is 12.8 Å². The number of aromatic nitrogens is 2. The molecule has 0 unspecified atom stereocenters. The zero-order chi connectivity index (χ0) is 30.6. The van der Waals surface area contributed by atoms with E-state index in [1.54, 1.807) is 41.4 Å². The maximum atomic E-state index is 13.8. The van der Waals surface area contributed by atoms with E-state index in [1.807, 2.05) is 49.5 Å². The predicted molar refractivity (Wildman–Crippen MR) is 168 cm³/mol. The number of aromatic hydroxyl groups is 1. The van der Waals surface area contributed by atoms with Gasteiger partial charge in [-0.1, -0.05) is 42.5 Å². The number of hydrogen-bond donors (Lipinski definition) is 4. The lowest BCUT2D eigenvalue weighted by Gasteiger charge is -2.23. The lowest BCUT2D eigenvalue weighted by atomic mass is 9.93. The van der Waals surface area contributed by atoms with Crippen molar-refractivity contribution in [2.45, 2.75) is 18.8 Å². The number of phenols is 1. The van der Waals surface area contributed by atoms with E-state index >= 15 is 0 Å².